The Hall–Kier alpha value is -1.61. The smallest absolute Gasteiger partial charge is 0.328 e. The Bertz CT molecular complexity index is 468. The minimum Gasteiger partial charge on any atom is -0.478 e. The third-order valence-corrected chi connectivity index (χ3v) is 4.14. The highest BCUT2D eigenvalue weighted by molar-refractivity contribution is 5.85. The zero-order valence-corrected chi connectivity index (χ0v) is 12.2. The Morgan fingerprint density at radius 2 is 1.85 bits per heavy atom. The van der Waals surface area contributed by atoms with E-state index in [1.54, 1.807) is 6.08 Å². The Kier molecular flexibility index (Phi) is 4.96. The van der Waals surface area contributed by atoms with Gasteiger partial charge in [-0.05, 0) is 43.9 Å². The van der Waals surface area contributed by atoms with Gasteiger partial charge in [0.25, 0.3) is 0 Å². The molecule has 1 saturated heterocycles. The number of nitrogens with zero attached hydrogens (tertiary/aromatic N) is 1. The fourth-order valence-corrected chi connectivity index (χ4v) is 2.90. The molecule has 1 heterocycles. The largest absolute Gasteiger partial charge is 0.478 e. The zero-order chi connectivity index (χ0) is 14.5. The van der Waals surface area contributed by atoms with Crippen LogP contribution in [0.2, 0.25) is 0 Å². The molecule has 2 atom stereocenters. The van der Waals surface area contributed by atoms with Gasteiger partial charge in [-0.25, -0.2) is 4.79 Å². The predicted molar refractivity (Wildman–Crippen MR) is 81.4 cm³/mol. The van der Waals surface area contributed by atoms with Crippen molar-refractivity contribution >= 4 is 12.0 Å². The Morgan fingerprint density at radius 3 is 2.40 bits per heavy atom. The molecule has 0 spiro atoms. The number of aliphatic carboxylic acids is 1. The lowest BCUT2D eigenvalue weighted by atomic mass is 9.96. The fraction of sp³-hybridized carbons (Fsp3) is 0.471. The molecule has 0 aliphatic carbocycles. The van der Waals surface area contributed by atoms with Gasteiger partial charge in [-0.15, -0.1) is 0 Å². The molecular formula is C17H23NO2. The number of hydrogen-bond donors (Lipinski definition) is 1. The summed E-state index contributed by atoms with van der Waals surface area (Å²) in [5, 5.41) is 8.61. The van der Waals surface area contributed by atoms with Crippen LogP contribution in [0.25, 0.3) is 6.08 Å². The maximum absolute atomic E-state index is 10.5. The first kappa shape index (κ1) is 14.8. The molecule has 3 heteroatoms. The topological polar surface area (TPSA) is 40.5 Å². The number of piperidine rings is 1. The average molecular weight is 273 g/mol. The van der Waals surface area contributed by atoms with E-state index in [0.717, 1.165) is 12.1 Å². The van der Waals surface area contributed by atoms with Crippen molar-refractivity contribution in [1.82, 2.24) is 4.90 Å². The number of carboxylic acid groups (broad SMARTS) is 1. The molecule has 0 radical (unpaired) electrons. The van der Waals surface area contributed by atoms with Crippen LogP contribution in [0.15, 0.2) is 30.3 Å². The van der Waals surface area contributed by atoms with Crippen molar-refractivity contribution in [2.75, 3.05) is 0 Å². The van der Waals surface area contributed by atoms with Crippen molar-refractivity contribution in [2.24, 2.45) is 0 Å². The van der Waals surface area contributed by atoms with Crippen LogP contribution in [0.3, 0.4) is 0 Å². The van der Waals surface area contributed by atoms with E-state index in [1.807, 2.05) is 12.1 Å². The van der Waals surface area contributed by atoms with Gasteiger partial charge in [-0.2, -0.15) is 0 Å². The molecule has 2 rings (SSSR count). The van der Waals surface area contributed by atoms with Crippen LogP contribution in [0.1, 0.15) is 44.2 Å². The van der Waals surface area contributed by atoms with Gasteiger partial charge in [0.05, 0.1) is 0 Å². The number of likely N-dealkylation sites (tertiary alicyclic amines) is 1. The van der Waals surface area contributed by atoms with Gasteiger partial charge in [0.2, 0.25) is 0 Å². The summed E-state index contributed by atoms with van der Waals surface area (Å²) in [6.07, 6.45) is 6.69. The average Bonchev–Trinajstić information content (AvgIpc) is 2.42. The second-order valence-corrected chi connectivity index (χ2v) is 5.71. The summed E-state index contributed by atoms with van der Waals surface area (Å²) in [4.78, 5) is 13.0. The molecule has 108 valence electrons. The number of rotatable bonds is 4. The lowest BCUT2D eigenvalue weighted by Crippen LogP contribution is -2.42. The van der Waals surface area contributed by atoms with Gasteiger partial charge in [-0.3, -0.25) is 4.90 Å². The van der Waals surface area contributed by atoms with E-state index in [4.69, 9.17) is 5.11 Å². The van der Waals surface area contributed by atoms with Gasteiger partial charge in [-0.1, -0.05) is 30.7 Å². The van der Waals surface area contributed by atoms with E-state index in [0.29, 0.717) is 12.1 Å². The van der Waals surface area contributed by atoms with Crippen LogP contribution >= 0.6 is 0 Å². The van der Waals surface area contributed by atoms with E-state index in [9.17, 15) is 4.79 Å². The second-order valence-electron chi connectivity index (χ2n) is 5.71. The molecular weight excluding hydrogens is 250 g/mol. The van der Waals surface area contributed by atoms with Crippen LogP contribution in [0, 0.1) is 0 Å². The second kappa shape index (κ2) is 6.71. The SMILES string of the molecule is C[C@@H]1CCC[C@H](C)N1Cc1ccc(/C=C/C(=O)O)cc1. The molecule has 1 aromatic rings. The molecule has 0 unspecified atom stereocenters. The molecule has 1 N–H and O–H groups in total. The fourth-order valence-electron chi connectivity index (χ4n) is 2.90. The predicted octanol–water partition coefficient (Wildman–Crippen LogP) is 3.55. The summed E-state index contributed by atoms with van der Waals surface area (Å²) in [6, 6.07) is 9.43. The first-order chi connectivity index (χ1) is 9.56. The van der Waals surface area contributed by atoms with Gasteiger partial charge in [0.15, 0.2) is 0 Å². The number of benzene rings is 1. The Balaban J connectivity index is 2.01. The molecule has 0 aromatic heterocycles. The Morgan fingerprint density at radius 1 is 1.25 bits per heavy atom. The monoisotopic (exact) mass is 273 g/mol. The third-order valence-electron chi connectivity index (χ3n) is 4.14. The van der Waals surface area contributed by atoms with Crippen LogP contribution in [-0.2, 0) is 11.3 Å². The quantitative estimate of drug-likeness (QED) is 0.853. The van der Waals surface area contributed by atoms with E-state index in [-0.39, 0.29) is 0 Å². The standard InChI is InChI=1S/C17H23NO2/c1-13-4-3-5-14(2)18(13)12-16-8-6-15(7-9-16)10-11-17(19)20/h6-11,13-14H,3-5,12H2,1-2H3,(H,19,20)/b11-10+/t13-,14+. The summed E-state index contributed by atoms with van der Waals surface area (Å²) in [5.41, 5.74) is 2.22. The minimum absolute atomic E-state index is 0.644. The van der Waals surface area contributed by atoms with Crippen molar-refractivity contribution in [3.63, 3.8) is 0 Å². The van der Waals surface area contributed by atoms with Gasteiger partial charge >= 0.3 is 5.97 Å². The highest BCUT2D eigenvalue weighted by Crippen LogP contribution is 2.24. The van der Waals surface area contributed by atoms with Crippen LogP contribution in [-0.4, -0.2) is 28.1 Å². The van der Waals surface area contributed by atoms with E-state index >= 15 is 0 Å². The lowest BCUT2D eigenvalue weighted by molar-refractivity contribution is -0.131. The molecule has 0 bridgehead atoms. The van der Waals surface area contributed by atoms with E-state index in [2.05, 4.69) is 30.9 Å². The Labute approximate surface area is 120 Å². The zero-order valence-electron chi connectivity index (χ0n) is 12.2. The third kappa shape index (κ3) is 3.94. The molecule has 0 saturated carbocycles. The first-order valence-corrected chi connectivity index (χ1v) is 7.32. The molecule has 1 aliphatic heterocycles. The number of carboxylic acids is 1. The van der Waals surface area contributed by atoms with Crippen LogP contribution in [0.5, 0.6) is 0 Å². The van der Waals surface area contributed by atoms with E-state index in [1.165, 1.54) is 30.9 Å². The maximum Gasteiger partial charge on any atom is 0.328 e. The van der Waals surface area contributed by atoms with Crippen molar-refractivity contribution in [1.29, 1.82) is 0 Å². The van der Waals surface area contributed by atoms with Crippen molar-refractivity contribution in [3.8, 4) is 0 Å². The van der Waals surface area contributed by atoms with E-state index < -0.39 is 5.97 Å². The molecule has 3 nitrogen and oxygen atoms in total. The molecule has 1 aromatic carbocycles. The van der Waals surface area contributed by atoms with Gasteiger partial charge < -0.3 is 5.11 Å². The summed E-state index contributed by atoms with van der Waals surface area (Å²) in [5.74, 6) is -0.912. The lowest BCUT2D eigenvalue weighted by Gasteiger charge is -2.39. The molecule has 0 amide bonds. The summed E-state index contributed by atoms with van der Waals surface area (Å²) in [7, 11) is 0. The highest BCUT2D eigenvalue weighted by atomic mass is 16.4. The minimum atomic E-state index is -0.912. The molecule has 20 heavy (non-hydrogen) atoms. The van der Waals surface area contributed by atoms with Crippen molar-refractivity contribution in [3.05, 3.63) is 41.5 Å². The molecule has 1 fully saturated rings. The van der Waals surface area contributed by atoms with Gasteiger partial charge in [0.1, 0.15) is 0 Å². The summed E-state index contributed by atoms with van der Waals surface area (Å²) < 4.78 is 0. The summed E-state index contributed by atoms with van der Waals surface area (Å²) in [6.45, 7) is 5.59. The van der Waals surface area contributed by atoms with Crippen molar-refractivity contribution in [2.45, 2.75) is 51.7 Å². The maximum atomic E-state index is 10.5. The highest BCUT2D eigenvalue weighted by Gasteiger charge is 2.24. The number of carbonyl (C=O) groups is 1. The van der Waals surface area contributed by atoms with Gasteiger partial charge in [0, 0.05) is 24.7 Å². The van der Waals surface area contributed by atoms with Crippen LogP contribution < -0.4 is 0 Å². The summed E-state index contributed by atoms with van der Waals surface area (Å²) >= 11 is 0. The van der Waals surface area contributed by atoms with Crippen molar-refractivity contribution < 1.29 is 9.90 Å². The first-order valence-electron chi connectivity index (χ1n) is 7.32. The number of hydrogen-bond acceptors (Lipinski definition) is 2. The normalized spacial score (nSPS) is 24.1. The van der Waals surface area contributed by atoms with Crippen LogP contribution in [0.4, 0.5) is 0 Å². The molecule has 1 aliphatic rings.